The molecule has 0 atom stereocenters. The molecule has 1 aromatic heterocycles. The van der Waals surface area contributed by atoms with E-state index >= 15 is 0 Å². The molecule has 1 N–H and O–H groups in total. The summed E-state index contributed by atoms with van der Waals surface area (Å²) in [6.45, 7) is 1.11. The van der Waals surface area contributed by atoms with Gasteiger partial charge in [0.25, 0.3) is 0 Å². The summed E-state index contributed by atoms with van der Waals surface area (Å²) in [5.74, 6) is 1.35. The van der Waals surface area contributed by atoms with Gasteiger partial charge >= 0.3 is 0 Å². The van der Waals surface area contributed by atoms with Crippen LogP contribution in [-0.2, 0) is 13.1 Å². The number of rotatable bonds is 7. The van der Waals surface area contributed by atoms with Crippen molar-refractivity contribution in [2.24, 2.45) is 0 Å². The highest BCUT2D eigenvalue weighted by Crippen LogP contribution is 2.30. The van der Waals surface area contributed by atoms with Crippen LogP contribution in [0, 0.1) is 0 Å². The lowest BCUT2D eigenvalue weighted by Gasteiger charge is -2.18. The predicted molar refractivity (Wildman–Crippen MR) is 119 cm³/mol. The highest BCUT2D eigenvalue weighted by molar-refractivity contribution is 5.83. The third kappa shape index (κ3) is 4.54. The van der Waals surface area contributed by atoms with Crippen LogP contribution >= 0.6 is 0 Å². The summed E-state index contributed by atoms with van der Waals surface area (Å²) in [4.78, 5) is 15.0. The van der Waals surface area contributed by atoms with Gasteiger partial charge in [-0.1, -0.05) is 30.3 Å². The molecule has 0 aliphatic carbocycles. The molecule has 158 valence electrons. The Morgan fingerprint density at radius 2 is 1.65 bits per heavy atom. The standard InChI is InChI=1S/C25H23NO5/c1-26(14-17-6-4-3-5-7-17)15-21-22(27)13-12-20-24(28)23(16-30-25(20)21)31-19-10-8-18(29-2)9-11-19/h3-13,16,27H,14-15H2,1-2H3. The van der Waals surface area contributed by atoms with Crippen molar-refractivity contribution >= 4 is 11.0 Å². The minimum atomic E-state index is -0.302. The van der Waals surface area contributed by atoms with Gasteiger partial charge in [0.2, 0.25) is 11.2 Å². The average molecular weight is 417 g/mol. The zero-order valence-corrected chi connectivity index (χ0v) is 17.4. The molecule has 0 amide bonds. The first-order valence-corrected chi connectivity index (χ1v) is 9.86. The van der Waals surface area contributed by atoms with E-state index < -0.39 is 0 Å². The van der Waals surface area contributed by atoms with Gasteiger partial charge in [-0.05, 0) is 49.0 Å². The smallest absolute Gasteiger partial charge is 0.235 e. The summed E-state index contributed by atoms with van der Waals surface area (Å²) in [6.07, 6.45) is 1.29. The van der Waals surface area contributed by atoms with Crippen LogP contribution < -0.4 is 14.9 Å². The zero-order valence-electron chi connectivity index (χ0n) is 17.4. The number of ether oxygens (including phenoxy) is 2. The molecule has 0 unspecified atom stereocenters. The summed E-state index contributed by atoms with van der Waals surface area (Å²) in [6, 6.07) is 20.0. The molecular weight excluding hydrogens is 394 g/mol. The molecule has 3 aromatic carbocycles. The fourth-order valence-electron chi connectivity index (χ4n) is 3.44. The number of nitrogens with zero attached hydrogens (tertiary/aromatic N) is 1. The first-order chi connectivity index (χ1) is 15.0. The Balaban J connectivity index is 1.62. The molecule has 0 aliphatic rings. The second kappa shape index (κ2) is 8.93. The lowest BCUT2D eigenvalue weighted by Crippen LogP contribution is -2.18. The molecule has 6 nitrogen and oxygen atoms in total. The molecular formula is C25H23NO5. The van der Waals surface area contributed by atoms with Crippen LogP contribution in [0.25, 0.3) is 11.0 Å². The van der Waals surface area contributed by atoms with Crippen LogP contribution in [0.2, 0.25) is 0 Å². The van der Waals surface area contributed by atoms with Crippen molar-refractivity contribution in [3.8, 4) is 23.0 Å². The molecule has 0 saturated heterocycles. The van der Waals surface area contributed by atoms with Crippen molar-refractivity contribution in [3.63, 3.8) is 0 Å². The third-order valence-corrected chi connectivity index (χ3v) is 5.00. The van der Waals surface area contributed by atoms with Gasteiger partial charge in [0.15, 0.2) is 0 Å². The lowest BCUT2D eigenvalue weighted by atomic mass is 10.1. The molecule has 31 heavy (non-hydrogen) atoms. The van der Waals surface area contributed by atoms with Crippen molar-refractivity contribution in [3.05, 3.63) is 94.3 Å². The summed E-state index contributed by atoms with van der Waals surface area (Å²) in [5.41, 5.74) is 1.77. The van der Waals surface area contributed by atoms with E-state index in [1.54, 1.807) is 37.4 Å². The number of phenolic OH excluding ortho intramolecular Hbond substituents is 1. The topological polar surface area (TPSA) is 72.1 Å². The Morgan fingerprint density at radius 3 is 2.35 bits per heavy atom. The van der Waals surface area contributed by atoms with Crippen LogP contribution in [0.4, 0.5) is 0 Å². The van der Waals surface area contributed by atoms with E-state index in [9.17, 15) is 9.90 Å². The highest BCUT2D eigenvalue weighted by atomic mass is 16.5. The monoisotopic (exact) mass is 417 g/mol. The molecule has 0 aliphatic heterocycles. The number of phenols is 1. The molecule has 0 fully saturated rings. The second-order valence-electron chi connectivity index (χ2n) is 7.30. The third-order valence-electron chi connectivity index (χ3n) is 5.00. The zero-order chi connectivity index (χ0) is 21.8. The van der Waals surface area contributed by atoms with Gasteiger partial charge in [-0.3, -0.25) is 9.69 Å². The Labute approximate surface area is 179 Å². The minimum absolute atomic E-state index is 0.0759. The number of hydrogen-bond donors (Lipinski definition) is 1. The molecule has 0 bridgehead atoms. The predicted octanol–water partition coefficient (Wildman–Crippen LogP) is 4.93. The Bertz CT molecular complexity index is 1230. The Morgan fingerprint density at radius 1 is 0.935 bits per heavy atom. The lowest BCUT2D eigenvalue weighted by molar-refractivity contribution is 0.312. The SMILES string of the molecule is COc1ccc(Oc2coc3c(CN(C)Cc4ccccc4)c(O)ccc3c2=O)cc1. The van der Waals surface area contributed by atoms with Gasteiger partial charge < -0.3 is 19.0 Å². The van der Waals surface area contributed by atoms with Crippen LogP contribution in [0.1, 0.15) is 11.1 Å². The van der Waals surface area contributed by atoms with Gasteiger partial charge in [-0.2, -0.15) is 0 Å². The van der Waals surface area contributed by atoms with E-state index in [0.29, 0.717) is 41.1 Å². The van der Waals surface area contributed by atoms with Crippen molar-refractivity contribution < 1.29 is 19.0 Å². The number of hydrogen-bond acceptors (Lipinski definition) is 6. The molecule has 1 heterocycles. The first-order valence-electron chi connectivity index (χ1n) is 9.86. The van der Waals surface area contributed by atoms with Gasteiger partial charge in [0.1, 0.15) is 29.1 Å². The quantitative estimate of drug-likeness (QED) is 0.460. The number of fused-ring (bicyclic) bond motifs is 1. The molecule has 4 rings (SSSR count). The van der Waals surface area contributed by atoms with E-state index in [1.165, 1.54) is 12.3 Å². The maximum absolute atomic E-state index is 13.0. The summed E-state index contributed by atoms with van der Waals surface area (Å²) in [5, 5.41) is 10.8. The molecule has 4 aromatic rings. The van der Waals surface area contributed by atoms with Gasteiger partial charge in [-0.25, -0.2) is 0 Å². The maximum Gasteiger partial charge on any atom is 0.235 e. The highest BCUT2D eigenvalue weighted by Gasteiger charge is 2.17. The van der Waals surface area contributed by atoms with Gasteiger partial charge in [0, 0.05) is 13.1 Å². The second-order valence-corrected chi connectivity index (χ2v) is 7.30. The molecule has 6 heteroatoms. The summed E-state index contributed by atoms with van der Waals surface area (Å²) in [7, 11) is 3.53. The van der Waals surface area contributed by atoms with Crippen molar-refractivity contribution in [1.29, 1.82) is 0 Å². The van der Waals surface area contributed by atoms with E-state index in [2.05, 4.69) is 0 Å². The van der Waals surface area contributed by atoms with Crippen LogP contribution in [-0.4, -0.2) is 24.2 Å². The van der Waals surface area contributed by atoms with Crippen molar-refractivity contribution in [2.75, 3.05) is 14.2 Å². The van der Waals surface area contributed by atoms with E-state index in [0.717, 1.165) is 5.56 Å². The largest absolute Gasteiger partial charge is 0.507 e. The van der Waals surface area contributed by atoms with Crippen molar-refractivity contribution in [1.82, 2.24) is 4.90 Å². The normalized spacial score (nSPS) is 11.1. The van der Waals surface area contributed by atoms with Gasteiger partial charge in [0.05, 0.1) is 18.1 Å². The number of aromatic hydroxyl groups is 1. The summed E-state index contributed by atoms with van der Waals surface area (Å²) >= 11 is 0. The Kier molecular flexibility index (Phi) is 5.91. The average Bonchev–Trinajstić information content (AvgIpc) is 2.78. The van der Waals surface area contributed by atoms with Crippen LogP contribution in [0.15, 0.2) is 82.2 Å². The van der Waals surface area contributed by atoms with E-state index in [4.69, 9.17) is 13.9 Å². The fraction of sp³-hybridized carbons (Fsp3) is 0.160. The summed E-state index contributed by atoms with van der Waals surface area (Å²) < 4.78 is 16.6. The molecule has 0 saturated carbocycles. The number of benzene rings is 3. The van der Waals surface area contributed by atoms with E-state index in [-0.39, 0.29) is 16.9 Å². The fourth-order valence-corrected chi connectivity index (χ4v) is 3.44. The minimum Gasteiger partial charge on any atom is -0.507 e. The van der Waals surface area contributed by atoms with E-state index in [1.807, 2.05) is 42.3 Å². The molecule has 0 spiro atoms. The van der Waals surface area contributed by atoms with Crippen LogP contribution in [0.3, 0.4) is 0 Å². The van der Waals surface area contributed by atoms with Gasteiger partial charge in [-0.15, -0.1) is 0 Å². The van der Waals surface area contributed by atoms with Crippen LogP contribution in [0.5, 0.6) is 23.0 Å². The maximum atomic E-state index is 13.0. The Hall–Kier alpha value is -3.77. The van der Waals surface area contributed by atoms with Crippen molar-refractivity contribution in [2.45, 2.75) is 13.1 Å². The first kappa shape index (κ1) is 20.5. The number of methoxy groups -OCH3 is 1. The molecule has 0 radical (unpaired) electrons.